The van der Waals surface area contributed by atoms with Crippen molar-refractivity contribution in [1.29, 1.82) is 0 Å². The normalized spacial score (nSPS) is 14.2. The molecule has 0 aromatic heterocycles. The number of phenols is 2. The predicted molar refractivity (Wildman–Crippen MR) is 501 cm³/mol. The maximum Gasteiger partial charge on any atom is 0.271 e. The van der Waals surface area contributed by atoms with Crippen LogP contribution in [0.15, 0.2) is 265 Å². The summed E-state index contributed by atoms with van der Waals surface area (Å²) in [5.74, 6) is 0.629. The van der Waals surface area contributed by atoms with Gasteiger partial charge >= 0.3 is 0 Å². The van der Waals surface area contributed by atoms with Crippen molar-refractivity contribution in [2.45, 2.75) is 130 Å². The number of carbonyl (C=O) groups is 3. The number of amides is 3. The van der Waals surface area contributed by atoms with Crippen molar-refractivity contribution in [1.82, 2.24) is 9.80 Å². The number of methoxy groups -OCH3 is 2. The Balaban J connectivity index is 0.000000234. The van der Waals surface area contributed by atoms with E-state index in [0.29, 0.717) is 85.7 Å². The van der Waals surface area contributed by atoms with Crippen molar-refractivity contribution in [2.75, 3.05) is 51.1 Å². The Bertz CT molecular complexity index is 4660. The quantitative estimate of drug-likeness (QED) is 0.00866. The van der Waals surface area contributed by atoms with E-state index in [4.69, 9.17) is 42.4 Å². The number of aromatic hydroxyl groups is 2. The van der Waals surface area contributed by atoms with Gasteiger partial charge in [-0.2, -0.15) is 9.98 Å². The van der Waals surface area contributed by atoms with Gasteiger partial charge in [0.25, 0.3) is 11.8 Å². The van der Waals surface area contributed by atoms with E-state index in [1.807, 2.05) is 211 Å². The van der Waals surface area contributed by atoms with Gasteiger partial charge in [-0.15, -0.1) is 0 Å². The fourth-order valence-electron chi connectivity index (χ4n) is 11.4. The molecule has 9 aromatic carbocycles. The second-order valence-electron chi connectivity index (χ2n) is 26.6. The largest absolute Gasteiger partial charge is 0.504 e. The monoisotopic (exact) mass is 1700 g/mol. The van der Waals surface area contributed by atoms with Crippen LogP contribution in [0.3, 0.4) is 0 Å². The molecule has 0 bridgehead atoms. The number of anilines is 1. The number of aliphatic hydroxyl groups is 2. The average molecular weight is 1700 g/mol. The number of aliphatic hydroxyl groups excluding tert-OH is 2. The topological polar surface area (TPSA) is 326 Å². The van der Waals surface area contributed by atoms with Crippen LogP contribution in [-0.2, 0) is 40.7 Å². The van der Waals surface area contributed by atoms with Gasteiger partial charge in [0.15, 0.2) is 38.5 Å². The highest BCUT2D eigenvalue weighted by Crippen LogP contribution is 2.41. The van der Waals surface area contributed by atoms with Crippen LogP contribution in [0, 0.1) is 0 Å². The first kappa shape index (κ1) is 97.3. The van der Waals surface area contributed by atoms with Gasteiger partial charge in [0, 0.05) is 37.3 Å². The third-order valence-electron chi connectivity index (χ3n) is 17.7. The molecule has 9 aromatic rings. The lowest BCUT2D eigenvalue weighted by Crippen LogP contribution is -2.30. The minimum atomic E-state index is -0.359. The first-order valence-corrected chi connectivity index (χ1v) is 43.1. The van der Waals surface area contributed by atoms with E-state index in [-0.39, 0.29) is 53.9 Å². The number of para-hydroxylation sites is 5. The number of carbonyl (C=O) groups excluding carboxylic acids is 3. The van der Waals surface area contributed by atoms with Crippen LogP contribution in [0.25, 0.3) is 12.2 Å². The van der Waals surface area contributed by atoms with Gasteiger partial charge in [0.2, 0.25) is 5.91 Å². The summed E-state index contributed by atoms with van der Waals surface area (Å²) in [6, 6.07) is 71.7. The van der Waals surface area contributed by atoms with Gasteiger partial charge in [0.1, 0.15) is 0 Å². The van der Waals surface area contributed by atoms with Crippen molar-refractivity contribution < 1.29 is 44.3 Å². The predicted octanol–water partition coefficient (Wildman–Crippen LogP) is 20.3. The molecule has 0 spiro atoms. The van der Waals surface area contributed by atoms with Crippen LogP contribution in [0.1, 0.15) is 137 Å². The van der Waals surface area contributed by atoms with Crippen LogP contribution in [0.5, 0.6) is 23.0 Å². The van der Waals surface area contributed by atoms with Crippen LogP contribution >= 0.6 is 59.7 Å². The zero-order chi connectivity index (χ0) is 85.6. The fraction of sp³-hybridized carbons (Fsp3) is 0.290. The smallest absolute Gasteiger partial charge is 0.271 e. The molecular formula is C93H110N12O9S5. The van der Waals surface area contributed by atoms with Crippen molar-refractivity contribution in [3.05, 3.63) is 274 Å². The summed E-state index contributed by atoms with van der Waals surface area (Å²) in [6.45, 7) is 7.76. The van der Waals surface area contributed by atoms with Gasteiger partial charge in [-0.1, -0.05) is 223 Å². The second-order valence-corrected chi connectivity index (χ2v) is 29.9. The highest BCUT2D eigenvalue weighted by molar-refractivity contribution is 8.19. The van der Waals surface area contributed by atoms with E-state index in [1.165, 1.54) is 101 Å². The Hall–Kier alpha value is -10.5. The highest BCUT2D eigenvalue weighted by atomic mass is 32.2. The second kappa shape index (κ2) is 57.6. The molecule has 3 saturated heterocycles. The fourth-order valence-corrected chi connectivity index (χ4v) is 14.6. The Morgan fingerprint density at radius 1 is 0.437 bits per heavy atom. The van der Waals surface area contributed by atoms with Gasteiger partial charge in [0.05, 0.1) is 87.4 Å². The molecule has 119 heavy (non-hydrogen) atoms. The minimum absolute atomic E-state index is 0.104. The van der Waals surface area contributed by atoms with Gasteiger partial charge in [-0.05, 0) is 218 Å². The molecule has 26 heteroatoms. The SMILES string of the molecule is CCCCCCCN.CCCCCCCN1C(=O)CSC1=Nc1ccccc1.COc1cc(/C=C2/SC(=Nc3ccc(CN)cc3)N(c3ccccc3)C2=O)cc(CO)c1O.COc1cc(/C=C2/SC(=Nc3ccccc3)N(CCCCCCN)C2=O)cc(CO)c1O.NCc1ccccc1.S=C=Nc1ccccc1.S=C=Nc1ccccc1. The van der Waals surface area contributed by atoms with Crippen LogP contribution in [-0.4, -0.2) is 120 Å². The molecule has 3 amide bonds. The molecule has 12 N–H and O–H groups in total. The van der Waals surface area contributed by atoms with Gasteiger partial charge in [-0.25, -0.2) is 15.0 Å². The zero-order valence-electron chi connectivity index (χ0n) is 68.1. The summed E-state index contributed by atoms with van der Waals surface area (Å²) < 4.78 is 10.4. The molecule has 21 nitrogen and oxygen atoms in total. The highest BCUT2D eigenvalue weighted by Gasteiger charge is 2.36. The van der Waals surface area contributed by atoms with E-state index in [1.54, 1.807) is 58.0 Å². The number of nitrogens with zero attached hydrogens (tertiary/aromatic N) is 8. The summed E-state index contributed by atoms with van der Waals surface area (Å²) in [5.41, 5.74) is 30.8. The molecule has 626 valence electrons. The van der Waals surface area contributed by atoms with Crippen molar-refractivity contribution in [3.8, 4) is 23.0 Å². The maximum absolute atomic E-state index is 13.4. The molecule has 3 fully saturated rings. The number of thioether (sulfide) groups is 3. The molecule has 3 aliphatic heterocycles. The molecule has 3 heterocycles. The third-order valence-corrected chi connectivity index (χ3v) is 20.8. The minimum Gasteiger partial charge on any atom is -0.504 e. The summed E-state index contributed by atoms with van der Waals surface area (Å²) in [7, 11) is 2.88. The number of thiocarbonyl (C=S) groups is 2. The maximum atomic E-state index is 13.4. The number of rotatable bonds is 31. The Morgan fingerprint density at radius 2 is 0.807 bits per heavy atom. The summed E-state index contributed by atoms with van der Waals surface area (Å²) >= 11 is 12.9. The molecule has 0 unspecified atom stereocenters. The summed E-state index contributed by atoms with van der Waals surface area (Å²) in [6.07, 6.45) is 20.0. The lowest BCUT2D eigenvalue weighted by atomic mass is 10.1. The number of ether oxygens (including phenoxy) is 2. The Kier molecular flexibility index (Phi) is 47.1. The van der Waals surface area contributed by atoms with Gasteiger partial charge < -0.3 is 52.8 Å². The molecule has 0 aliphatic carbocycles. The van der Waals surface area contributed by atoms with Crippen molar-refractivity contribution in [2.24, 2.45) is 47.9 Å². The number of hydrogen-bond acceptors (Lipinski definition) is 23. The van der Waals surface area contributed by atoms with E-state index in [2.05, 4.69) is 63.6 Å². The molecular weight excluding hydrogens is 1590 g/mol. The van der Waals surface area contributed by atoms with E-state index in [0.717, 1.165) is 78.7 Å². The first-order valence-electron chi connectivity index (χ1n) is 39.6. The zero-order valence-corrected chi connectivity index (χ0v) is 72.2. The summed E-state index contributed by atoms with van der Waals surface area (Å²) in [4.78, 5) is 66.2. The van der Waals surface area contributed by atoms with Crippen LogP contribution in [0.4, 0.5) is 34.1 Å². The number of amidine groups is 3. The van der Waals surface area contributed by atoms with Gasteiger partial charge in [-0.3, -0.25) is 29.1 Å². The molecule has 3 aliphatic rings. The lowest BCUT2D eigenvalue weighted by Gasteiger charge is -2.15. The summed E-state index contributed by atoms with van der Waals surface area (Å²) in [5, 5.41) is 46.0. The number of unbranched alkanes of at least 4 members (excludes halogenated alkanes) is 11. The Labute approximate surface area is 724 Å². The first-order chi connectivity index (χ1) is 58.1. The number of aliphatic imine (C=N–C) groups is 5. The molecule has 0 radical (unpaired) electrons. The number of benzene rings is 9. The molecule has 12 rings (SSSR count). The van der Waals surface area contributed by atoms with E-state index >= 15 is 0 Å². The Morgan fingerprint density at radius 3 is 1.22 bits per heavy atom. The van der Waals surface area contributed by atoms with Crippen LogP contribution < -0.4 is 37.3 Å². The lowest BCUT2D eigenvalue weighted by molar-refractivity contribution is -0.124. The van der Waals surface area contributed by atoms with Crippen molar-refractivity contribution >= 4 is 150 Å². The number of isothiocyanates is 2. The van der Waals surface area contributed by atoms with E-state index in [9.17, 15) is 34.8 Å². The molecule has 0 saturated carbocycles. The molecule has 0 atom stereocenters. The number of hydrogen-bond donors (Lipinski definition) is 8. The number of nitrogens with two attached hydrogens (primary N) is 4. The third kappa shape index (κ3) is 34.8. The standard InChI is InChI=1S/C25H23N3O4S.C24H29N3O4S.C16H22N2OS.2C7H5NS.C7H9N.C7H17N/c1-32-21-12-17(11-18(15-29)23(21)30)13-22-24(31)28(20-5-3-2-4-6-20)25(33-22)27-19-9-7-16(14-26)8-10-19;1-31-20-14-17(13-18(16-28)22(20)29)15-21-23(30)27(12-8-3-2-7-11-25)24(32-21)26-19-9-5-4-6-10-19;1-2-3-4-5-9-12-18-15(19)13-20-16(18)17-14-10-7-6-8-11-14;2*9-6-8-7-4-2-1-3-5-7;8-6-7-4-2-1-3-5-7;1-2-3-4-5-6-7-8/h2-13,29-30H,14-15,26H2,1H3;4-6,9-10,13-15,28-29H,2-3,7-8,11-12,16,25H2,1H3;6-8,10-11H,2-5,9,12-13H2,1H3;2*1-5H;1-5H,6,8H2;2-8H2,1H3/b22-13+,27-25?;21-15+,26-24?;;;;;. The van der Waals surface area contributed by atoms with E-state index < -0.39 is 0 Å². The van der Waals surface area contributed by atoms with Crippen molar-refractivity contribution in [3.63, 3.8) is 0 Å². The average Bonchev–Trinajstić information content (AvgIpc) is 1.66. The van der Waals surface area contributed by atoms with Crippen LogP contribution in [0.2, 0.25) is 0 Å².